The van der Waals surface area contributed by atoms with E-state index in [1.54, 1.807) is 0 Å². The zero-order valence-corrected chi connectivity index (χ0v) is 15.3. The number of carboxylic acid groups (broad SMARTS) is 1. The van der Waals surface area contributed by atoms with Gasteiger partial charge in [-0.05, 0) is 30.0 Å². The highest BCUT2D eigenvalue weighted by molar-refractivity contribution is 5.93. The maximum atomic E-state index is 13.5. The van der Waals surface area contributed by atoms with Crippen LogP contribution in [0, 0.1) is 17.0 Å². The minimum absolute atomic E-state index is 0.0883. The maximum absolute atomic E-state index is 13.5. The Morgan fingerprint density at radius 3 is 2.11 bits per heavy atom. The van der Waals surface area contributed by atoms with E-state index in [1.807, 2.05) is 20.8 Å². The quantitative estimate of drug-likeness (QED) is 0.664. The Bertz CT molecular complexity index is 868. The molecule has 2 rings (SSSR count). The summed E-state index contributed by atoms with van der Waals surface area (Å²) in [5, 5.41) is 9.28. The average Bonchev–Trinajstić information content (AvgIpc) is 2.50. The summed E-state index contributed by atoms with van der Waals surface area (Å²) < 4.78 is 72.6. The number of aromatic carboxylic acids is 1. The fraction of sp³-hybridized carbons (Fsp3) is 0.368. The number of carbonyl (C=O) groups is 1. The highest BCUT2D eigenvalue weighted by Crippen LogP contribution is 2.38. The fourth-order valence-corrected chi connectivity index (χ4v) is 2.36. The lowest BCUT2D eigenvalue weighted by Crippen LogP contribution is -2.18. The summed E-state index contributed by atoms with van der Waals surface area (Å²) in [6.45, 7) is 5.52. The summed E-state index contributed by atoms with van der Waals surface area (Å²) in [7, 11) is 0. The molecule has 2 aromatic rings. The molecule has 4 nitrogen and oxygen atoms in total. The Kier molecular flexibility index (Phi) is 5.96. The normalized spacial score (nSPS) is 12.1. The van der Waals surface area contributed by atoms with Crippen molar-refractivity contribution in [1.82, 2.24) is 4.98 Å². The van der Waals surface area contributed by atoms with Crippen molar-refractivity contribution in [1.29, 1.82) is 0 Å². The predicted octanol–water partition coefficient (Wildman–Crippen LogP) is 5.56. The number of carboxylic acids is 1. The van der Waals surface area contributed by atoms with E-state index in [9.17, 15) is 31.9 Å². The van der Waals surface area contributed by atoms with Gasteiger partial charge in [0, 0.05) is 11.6 Å². The molecule has 28 heavy (non-hydrogen) atoms. The summed E-state index contributed by atoms with van der Waals surface area (Å²) >= 11 is 0. The first-order valence-electron chi connectivity index (χ1n) is 8.23. The van der Waals surface area contributed by atoms with Gasteiger partial charge in [-0.2, -0.15) is 13.2 Å². The van der Waals surface area contributed by atoms with Gasteiger partial charge >= 0.3 is 12.1 Å². The molecule has 0 aliphatic heterocycles. The predicted molar refractivity (Wildman–Crippen MR) is 91.1 cm³/mol. The second-order valence-electron chi connectivity index (χ2n) is 7.36. The van der Waals surface area contributed by atoms with Gasteiger partial charge in [-0.15, -0.1) is 0 Å². The third kappa shape index (κ3) is 5.40. The molecular formula is C19H18F5NO3. The monoisotopic (exact) mass is 403 g/mol. The van der Waals surface area contributed by atoms with Crippen LogP contribution in [0.1, 0.15) is 43.1 Å². The molecule has 0 fully saturated rings. The van der Waals surface area contributed by atoms with Gasteiger partial charge < -0.3 is 9.84 Å². The van der Waals surface area contributed by atoms with E-state index in [4.69, 9.17) is 4.74 Å². The van der Waals surface area contributed by atoms with Gasteiger partial charge in [0.1, 0.15) is 17.2 Å². The third-order valence-electron chi connectivity index (χ3n) is 3.75. The Balaban J connectivity index is 2.64. The largest absolute Gasteiger partial charge is 0.477 e. The second kappa shape index (κ2) is 7.73. The summed E-state index contributed by atoms with van der Waals surface area (Å²) in [5.74, 6) is -4.65. The molecule has 0 bridgehead atoms. The molecule has 0 saturated carbocycles. The molecule has 1 aromatic heterocycles. The van der Waals surface area contributed by atoms with Crippen LogP contribution < -0.4 is 4.74 Å². The number of benzene rings is 1. The molecule has 0 unspecified atom stereocenters. The van der Waals surface area contributed by atoms with Gasteiger partial charge in [0.15, 0.2) is 0 Å². The Labute approximate surface area is 158 Å². The van der Waals surface area contributed by atoms with Crippen LogP contribution in [-0.4, -0.2) is 22.7 Å². The first-order chi connectivity index (χ1) is 12.8. The van der Waals surface area contributed by atoms with Gasteiger partial charge in [-0.25, -0.2) is 18.6 Å². The van der Waals surface area contributed by atoms with Crippen molar-refractivity contribution in [3.63, 3.8) is 0 Å². The average molecular weight is 403 g/mol. The molecule has 1 aromatic carbocycles. The van der Waals surface area contributed by atoms with E-state index in [2.05, 4.69) is 4.98 Å². The molecule has 0 atom stereocenters. The number of nitrogens with zero attached hydrogens (tertiary/aromatic N) is 1. The molecule has 152 valence electrons. The van der Waals surface area contributed by atoms with E-state index >= 15 is 0 Å². The molecule has 0 aliphatic carbocycles. The first kappa shape index (κ1) is 21.6. The molecule has 1 heterocycles. The topological polar surface area (TPSA) is 59.4 Å². The number of halogens is 5. The standard InChI is InChI=1S/C19H18F5NO3/c1-18(2,3)4-5-28-16-15(17(26)27)13(19(22,23)24)9-14(25-16)10-6-11(20)8-12(21)7-10/h6-9H,4-5H2,1-3H3,(H,26,27). The van der Waals surface area contributed by atoms with Crippen molar-refractivity contribution in [2.75, 3.05) is 6.61 Å². The van der Waals surface area contributed by atoms with Crippen molar-refractivity contribution in [3.8, 4) is 17.1 Å². The van der Waals surface area contributed by atoms with Crippen molar-refractivity contribution < 1.29 is 36.6 Å². The molecule has 9 heteroatoms. The van der Waals surface area contributed by atoms with Crippen LogP contribution in [0.5, 0.6) is 5.88 Å². The zero-order chi connectivity index (χ0) is 21.3. The number of hydrogen-bond donors (Lipinski definition) is 1. The van der Waals surface area contributed by atoms with E-state index in [1.165, 1.54) is 0 Å². The number of alkyl halides is 3. The lowest BCUT2D eigenvalue weighted by Gasteiger charge is -2.20. The highest BCUT2D eigenvalue weighted by Gasteiger charge is 2.39. The summed E-state index contributed by atoms with van der Waals surface area (Å²) in [5.41, 5.74) is -3.62. The van der Waals surface area contributed by atoms with Crippen molar-refractivity contribution >= 4 is 5.97 Å². The van der Waals surface area contributed by atoms with Crippen LogP contribution in [-0.2, 0) is 6.18 Å². The van der Waals surface area contributed by atoms with Crippen molar-refractivity contribution in [3.05, 3.63) is 47.0 Å². The SMILES string of the molecule is CC(C)(C)CCOc1nc(-c2cc(F)cc(F)c2)cc(C(F)(F)F)c1C(=O)O. The Morgan fingerprint density at radius 1 is 1.07 bits per heavy atom. The Morgan fingerprint density at radius 2 is 1.64 bits per heavy atom. The van der Waals surface area contributed by atoms with Crippen LogP contribution in [0.4, 0.5) is 22.0 Å². The molecular weight excluding hydrogens is 385 g/mol. The molecule has 1 N–H and O–H groups in total. The second-order valence-corrected chi connectivity index (χ2v) is 7.36. The van der Waals surface area contributed by atoms with Crippen LogP contribution in [0.25, 0.3) is 11.3 Å². The van der Waals surface area contributed by atoms with Crippen LogP contribution >= 0.6 is 0 Å². The van der Waals surface area contributed by atoms with Gasteiger partial charge in [-0.1, -0.05) is 20.8 Å². The zero-order valence-electron chi connectivity index (χ0n) is 15.3. The van der Waals surface area contributed by atoms with Gasteiger partial charge in [0.05, 0.1) is 17.9 Å². The van der Waals surface area contributed by atoms with E-state index in [0.29, 0.717) is 18.6 Å². The van der Waals surface area contributed by atoms with Crippen LogP contribution in [0.3, 0.4) is 0 Å². The lowest BCUT2D eigenvalue weighted by molar-refractivity contribution is -0.138. The minimum atomic E-state index is -5.04. The molecule has 0 radical (unpaired) electrons. The number of hydrogen-bond acceptors (Lipinski definition) is 3. The minimum Gasteiger partial charge on any atom is -0.477 e. The summed E-state index contributed by atoms with van der Waals surface area (Å²) in [6, 6.07) is 2.59. The first-order valence-corrected chi connectivity index (χ1v) is 8.23. The lowest BCUT2D eigenvalue weighted by atomic mass is 9.93. The van der Waals surface area contributed by atoms with E-state index in [0.717, 1.165) is 12.1 Å². The highest BCUT2D eigenvalue weighted by atomic mass is 19.4. The number of rotatable bonds is 5. The molecule has 0 aliphatic rings. The molecule has 0 spiro atoms. The summed E-state index contributed by atoms with van der Waals surface area (Å²) in [4.78, 5) is 15.3. The third-order valence-corrected chi connectivity index (χ3v) is 3.75. The van der Waals surface area contributed by atoms with Crippen molar-refractivity contribution in [2.24, 2.45) is 5.41 Å². The van der Waals surface area contributed by atoms with Crippen LogP contribution in [0.2, 0.25) is 0 Å². The summed E-state index contributed by atoms with van der Waals surface area (Å²) in [6.07, 6.45) is -4.63. The maximum Gasteiger partial charge on any atom is 0.417 e. The van der Waals surface area contributed by atoms with Gasteiger partial charge in [-0.3, -0.25) is 0 Å². The smallest absolute Gasteiger partial charge is 0.417 e. The number of aromatic nitrogens is 1. The fourth-order valence-electron chi connectivity index (χ4n) is 2.36. The van der Waals surface area contributed by atoms with Crippen molar-refractivity contribution in [2.45, 2.75) is 33.4 Å². The van der Waals surface area contributed by atoms with Crippen LogP contribution in [0.15, 0.2) is 24.3 Å². The molecule has 0 saturated heterocycles. The Hall–Kier alpha value is -2.71. The van der Waals surface area contributed by atoms with Gasteiger partial charge in [0.25, 0.3) is 0 Å². The van der Waals surface area contributed by atoms with Gasteiger partial charge in [0.2, 0.25) is 5.88 Å². The molecule has 0 amide bonds. The van der Waals surface area contributed by atoms with E-state index in [-0.39, 0.29) is 17.6 Å². The number of ether oxygens (including phenoxy) is 1. The van der Waals surface area contributed by atoms with E-state index < -0.39 is 46.5 Å². The number of pyridine rings is 1.